The standard InChI is InChI=1S/C18H19FN2O2.ClH/c1-12-10-21(18(22)15-4-2-3-5-16(15)20)11-17(23-12)13-6-8-14(19)9-7-13;/h2-9,12,17H,10-11,20H2,1H3;1H. The summed E-state index contributed by atoms with van der Waals surface area (Å²) in [6, 6.07) is 13.2. The van der Waals surface area contributed by atoms with E-state index in [1.54, 1.807) is 41.3 Å². The van der Waals surface area contributed by atoms with Crippen molar-refractivity contribution in [1.29, 1.82) is 0 Å². The average Bonchev–Trinajstić information content (AvgIpc) is 2.55. The molecule has 1 fully saturated rings. The number of nitrogens with zero attached hydrogens (tertiary/aromatic N) is 1. The Hall–Kier alpha value is -2.11. The maximum atomic E-state index is 13.1. The van der Waals surface area contributed by atoms with E-state index in [2.05, 4.69) is 0 Å². The van der Waals surface area contributed by atoms with Crippen molar-refractivity contribution in [1.82, 2.24) is 4.90 Å². The second kappa shape index (κ2) is 7.64. The van der Waals surface area contributed by atoms with Gasteiger partial charge >= 0.3 is 0 Å². The first kappa shape index (κ1) is 18.2. The number of rotatable bonds is 2. The van der Waals surface area contributed by atoms with Crippen molar-refractivity contribution in [3.8, 4) is 0 Å². The van der Waals surface area contributed by atoms with Gasteiger partial charge in [-0.15, -0.1) is 12.4 Å². The largest absolute Gasteiger partial charge is 0.398 e. The van der Waals surface area contributed by atoms with E-state index < -0.39 is 0 Å². The summed E-state index contributed by atoms with van der Waals surface area (Å²) in [5.74, 6) is -0.395. The second-order valence-electron chi connectivity index (χ2n) is 5.78. The van der Waals surface area contributed by atoms with Crippen LogP contribution in [0.15, 0.2) is 48.5 Å². The number of amides is 1. The molecule has 6 heteroatoms. The van der Waals surface area contributed by atoms with Gasteiger partial charge in [-0.1, -0.05) is 24.3 Å². The van der Waals surface area contributed by atoms with Crippen molar-refractivity contribution in [3.63, 3.8) is 0 Å². The highest BCUT2D eigenvalue weighted by atomic mass is 35.5. The van der Waals surface area contributed by atoms with Crippen molar-refractivity contribution in [2.45, 2.75) is 19.1 Å². The van der Waals surface area contributed by atoms with Gasteiger partial charge in [-0.2, -0.15) is 0 Å². The molecule has 0 spiro atoms. The number of morpholine rings is 1. The third-order valence-electron chi connectivity index (χ3n) is 3.98. The molecule has 3 rings (SSSR count). The Labute approximate surface area is 146 Å². The molecule has 0 bridgehead atoms. The Morgan fingerprint density at radius 1 is 1.17 bits per heavy atom. The topological polar surface area (TPSA) is 55.6 Å². The molecule has 4 nitrogen and oxygen atoms in total. The zero-order chi connectivity index (χ0) is 16.4. The SMILES string of the molecule is CC1CN(C(=O)c2ccccc2N)CC(c2ccc(F)cc2)O1.Cl. The number of carbonyl (C=O) groups excluding carboxylic acids is 1. The number of para-hydroxylation sites is 1. The lowest BCUT2D eigenvalue weighted by Crippen LogP contribution is -2.46. The first-order chi connectivity index (χ1) is 11.0. The summed E-state index contributed by atoms with van der Waals surface area (Å²) in [7, 11) is 0. The lowest BCUT2D eigenvalue weighted by molar-refractivity contribution is -0.0691. The van der Waals surface area contributed by atoms with E-state index in [1.165, 1.54) is 12.1 Å². The van der Waals surface area contributed by atoms with Gasteiger partial charge < -0.3 is 15.4 Å². The van der Waals surface area contributed by atoms with Crippen LogP contribution < -0.4 is 5.73 Å². The monoisotopic (exact) mass is 350 g/mol. The minimum atomic E-state index is -0.289. The number of anilines is 1. The molecule has 2 aromatic rings. The number of halogens is 2. The van der Waals surface area contributed by atoms with Crippen LogP contribution in [0, 0.1) is 5.82 Å². The molecule has 1 heterocycles. The Morgan fingerprint density at radius 2 is 1.83 bits per heavy atom. The van der Waals surface area contributed by atoms with Crippen LogP contribution in [0.2, 0.25) is 0 Å². The van der Waals surface area contributed by atoms with Gasteiger partial charge in [0.25, 0.3) is 5.91 Å². The minimum Gasteiger partial charge on any atom is -0.398 e. The van der Waals surface area contributed by atoms with Gasteiger partial charge in [-0.3, -0.25) is 4.79 Å². The Balaban J connectivity index is 0.00000208. The van der Waals surface area contributed by atoms with E-state index in [9.17, 15) is 9.18 Å². The normalized spacial score (nSPS) is 20.3. The molecule has 0 aliphatic carbocycles. The van der Waals surface area contributed by atoms with Crippen molar-refractivity contribution in [3.05, 3.63) is 65.5 Å². The number of ether oxygens (including phenoxy) is 1. The van der Waals surface area contributed by atoms with E-state index in [1.807, 2.05) is 6.92 Å². The smallest absolute Gasteiger partial charge is 0.256 e. The zero-order valence-corrected chi connectivity index (χ0v) is 14.1. The second-order valence-corrected chi connectivity index (χ2v) is 5.78. The average molecular weight is 351 g/mol. The Kier molecular flexibility index (Phi) is 5.80. The van der Waals surface area contributed by atoms with E-state index in [0.29, 0.717) is 24.3 Å². The van der Waals surface area contributed by atoms with Crippen LogP contribution >= 0.6 is 12.4 Å². The van der Waals surface area contributed by atoms with Crippen LogP contribution in [0.4, 0.5) is 10.1 Å². The first-order valence-corrected chi connectivity index (χ1v) is 7.59. The molecule has 128 valence electrons. The fraction of sp³-hybridized carbons (Fsp3) is 0.278. The third-order valence-corrected chi connectivity index (χ3v) is 3.98. The molecule has 2 atom stereocenters. The molecule has 0 aromatic heterocycles. The molecule has 1 amide bonds. The number of benzene rings is 2. The third kappa shape index (κ3) is 3.86. The number of carbonyl (C=O) groups is 1. The molecule has 2 aromatic carbocycles. The Morgan fingerprint density at radius 3 is 2.50 bits per heavy atom. The highest BCUT2D eigenvalue weighted by Gasteiger charge is 2.30. The van der Waals surface area contributed by atoms with Gasteiger partial charge in [-0.05, 0) is 36.8 Å². The van der Waals surface area contributed by atoms with Crippen LogP contribution in [0.25, 0.3) is 0 Å². The van der Waals surface area contributed by atoms with E-state index in [4.69, 9.17) is 10.5 Å². The summed E-state index contributed by atoms with van der Waals surface area (Å²) in [4.78, 5) is 14.5. The summed E-state index contributed by atoms with van der Waals surface area (Å²) < 4.78 is 19.0. The quantitative estimate of drug-likeness (QED) is 0.844. The van der Waals surface area contributed by atoms with Gasteiger partial charge in [0.1, 0.15) is 11.9 Å². The molecule has 0 saturated carbocycles. The number of nitrogen functional groups attached to an aromatic ring is 1. The van der Waals surface area contributed by atoms with Crippen LogP contribution in [-0.2, 0) is 4.74 Å². The summed E-state index contributed by atoms with van der Waals surface area (Å²) in [6.07, 6.45) is -0.374. The van der Waals surface area contributed by atoms with Crippen LogP contribution in [0.5, 0.6) is 0 Å². The maximum Gasteiger partial charge on any atom is 0.256 e. The first-order valence-electron chi connectivity index (χ1n) is 7.59. The van der Waals surface area contributed by atoms with Gasteiger partial charge in [-0.25, -0.2) is 4.39 Å². The fourth-order valence-corrected chi connectivity index (χ4v) is 2.84. The van der Waals surface area contributed by atoms with Gasteiger partial charge in [0.05, 0.1) is 18.2 Å². The van der Waals surface area contributed by atoms with Crippen molar-refractivity contribution >= 4 is 24.0 Å². The highest BCUT2D eigenvalue weighted by molar-refractivity contribution is 5.99. The molecule has 2 N–H and O–H groups in total. The van der Waals surface area contributed by atoms with Crippen molar-refractivity contribution < 1.29 is 13.9 Å². The maximum absolute atomic E-state index is 13.1. The van der Waals surface area contributed by atoms with E-state index >= 15 is 0 Å². The fourth-order valence-electron chi connectivity index (χ4n) is 2.84. The van der Waals surface area contributed by atoms with Crippen LogP contribution in [0.1, 0.15) is 28.9 Å². The summed E-state index contributed by atoms with van der Waals surface area (Å²) in [5.41, 5.74) is 7.73. The molecule has 0 radical (unpaired) electrons. The number of hydrogen-bond acceptors (Lipinski definition) is 3. The van der Waals surface area contributed by atoms with E-state index in [-0.39, 0.29) is 36.3 Å². The van der Waals surface area contributed by atoms with Crippen molar-refractivity contribution in [2.75, 3.05) is 18.8 Å². The molecular formula is C18H20ClFN2O2. The molecular weight excluding hydrogens is 331 g/mol. The van der Waals surface area contributed by atoms with E-state index in [0.717, 1.165) is 5.56 Å². The Bertz CT molecular complexity index is 708. The predicted octanol–water partition coefficient (Wildman–Crippen LogP) is 3.43. The highest BCUT2D eigenvalue weighted by Crippen LogP contribution is 2.27. The number of hydrogen-bond donors (Lipinski definition) is 1. The summed E-state index contributed by atoms with van der Waals surface area (Å²) in [5, 5.41) is 0. The van der Waals surface area contributed by atoms with Gasteiger partial charge in [0, 0.05) is 12.2 Å². The number of nitrogens with two attached hydrogens (primary N) is 1. The minimum absolute atomic E-state index is 0. The van der Waals surface area contributed by atoms with Crippen LogP contribution in [-0.4, -0.2) is 30.0 Å². The molecule has 1 aliphatic heterocycles. The van der Waals surface area contributed by atoms with Gasteiger partial charge in [0.2, 0.25) is 0 Å². The molecule has 24 heavy (non-hydrogen) atoms. The summed E-state index contributed by atoms with van der Waals surface area (Å²) in [6.45, 7) is 2.85. The molecule has 2 unspecified atom stereocenters. The lowest BCUT2D eigenvalue weighted by Gasteiger charge is -2.37. The van der Waals surface area contributed by atoms with Crippen molar-refractivity contribution in [2.24, 2.45) is 0 Å². The van der Waals surface area contributed by atoms with Crippen LogP contribution in [0.3, 0.4) is 0 Å². The summed E-state index contributed by atoms with van der Waals surface area (Å²) >= 11 is 0. The zero-order valence-electron chi connectivity index (χ0n) is 13.3. The molecule has 1 aliphatic rings. The van der Waals surface area contributed by atoms with Gasteiger partial charge in [0.15, 0.2) is 0 Å². The predicted molar refractivity (Wildman–Crippen MR) is 93.7 cm³/mol. The lowest BCUT2D eigenvalue weighted by atomic mass is 10.0. The molecule has 1 saturated heterocycles.